The van der Waals surface area contributed by atoms with E-state index in [4.69, 9.17) is 4.74 Å². The number of amides is 1. The smallest absolute Gasteiger partial charge is 0.254 e. The number of benzene rings is 1. The lowest BCUT2D eigenvalue weighted by atomic mass is 9.87. The second-order valence-corrected chi connectivity index (χ2v) is 9.27. The van der Waals surface area contributed by atoms with Crippen LogP contribution in [0.1, 0.15) is 35.2 Å². The molecule has 0 bridgehead atoms. The number of halogens is 2. The van der Waals surface area contributed by atoms with Crippen LogP contribution >= 0.6 is 22.6 Å². The number of piperidine rings is 1. The summed E-state index contributed by atoms with van der Waals surface area (Å²) in [6.07, 6.45) is 7.27. The SMILES string of the molecule is Cc1ccc(-c2ncccn2)c(C(=O)N2CCCC(COc3ccc(F)cn3)C2CCI)c1. The van der Waals surface area contributed by atoms with Gasteiger partial charge in [0.05, 0.1) is 18.4 Å². The number of aryl methyl sites for hydroxylation is 1. The number of likely N-dealkylation sites (tertiary alicyclic amines) is 1. The Morgan fingerprint density at radius 1 is 1.21 bits per heavy atom. The number of carbonyl (C=O) groups is 1. The zero-order valence-electron chi connectivity index (χ0n) is 18.5. The third-order valence-corrected chi connectivity index (χ3v) is 6.56. The zero-order valence-corrected chi connectivity index (χ0v) is 20.6. The molecule has 1 aromatic carbocycles. The van der Waals surface area contributed by atoms with E-state index in [9.17, 15) is 9.18 Å². The number of carbonyl (C=O) groups excluding carboxylic acids is 1. The van der Waals surface area contributed by atoms with Crippen LogP contribution in [-0.4, -0.2) is 49.4 Å². The van der Waals surface area contributed by atoms with Gasteiger partial charge in [0.1, 0.15) is 5.82 Å². The van der Waals surface area contributed by atoms with E-state index in [0.717, 1.165) is 41.0 Å². The van der Waals surface area contributed by atoms with E-state index >= 15 is 0 Å². The molecule has 1 saturated heterocycles. The molecule has 4 rings (SSSR count). The normalized spacial score (nSPS) is 18.2. The number of alkyl halides is 1. The number of aromatic nitrogens is 3. The summed E-state index contributed by atoms with van der Waals surface area (Å²) in [5.74, 6) is 0.725. The molecule has 0 spiro atoms. The van der Waals surface area contributed by atoms with Crippen LogP contribution in [0.3, 0.4) is 0 Å². The van der Waals surface area contributed by atoms with Crippen molar-refractivity contribution in [1.82, 2.24) is 19.9 Å². The standard InChI is InChI=1S/C25H26FIN4O2/c1-17-5-7-20(24-28-11-3-12-29-24)21(14-17)25(32)31-13-2-4-18(22(31)9-10-27)16-33-23-8-6-19(26)15-30-23/h3,5-8,11-12,14-15,18,22H,2,4,9-10,13,16H2,1H3. The van der Waals surface area contributed by atoms with Crippen molar-refractivity contribution in [2.75, 3.05) is 17.6 Å². The Hall–Kier alpha value is -2.62. The molecule has 1 fully saturated rings. The minimum Gasteiger partial charge on any atom is -0.477 e. The van der Waals surface area contributed by atoms with Gasteiger partial charge in [-0.3, -0.25) is 4.79 Å². The summed E-state index contributed by atoms with van der Waals surface area (Å²) in [5.41, 5.74) is 2.39. The fraction of sp³-hybridized carbons (Fsp3) is 0.360. The first-order valence-electron chi connectivity index (χ1n) is 11.1. The molecule has 1 aliphatic heterocycles. The summed E-state index contributed by atoms with van der Waals surface area (Å²) >= 11 is 2.36. The average Bonchev–Trinajstić information content (AvgIpc) is 2.84. The van der Waals surface area contributed by atoms with Gasteiger partial charge in [-0.25, -0.2) is 19.3 Å². The van der Waals surface area contributed by atoms with Crippen molar-refractivity contribution in [2.24, 2.45) is 5.92 Å². The van der Waals surface area contributed by atoms with Gasteiger partial charge in [0.25, 0.3) is 5.91 Å². The molecule has 0 saturated carbocycles. The highest BCUT2D eigenvalue weighted by Gasteiger charge is 2.35. The lowest BCUT2D eigenvalue weighted by Gasteiger charge is -2.41. The Kier molecular flexibility index (Phi) is 7.85. The maximum atomic E-state index is 13.9. The molecular formula is C25H26FIN4O2. The number of rotatable bonds is 7. The van der Waals surface area contributed by atoms with Gasteiger partial charge < -0.3 is 9.64 Å². The second-order valence-electron chi connectivity index (χ2n) is 8.19. The van der Waals surface area contributed by atoms with Crippen molar-refractivity contribution in [1.29, 1.82) is 0 Å². The van der Waals surface area contributed by atoms with Crippen LogP contribution in [0.25, 0.3) is 11.4 Å². The molecule has 6 nitrogen and oxygen atoms in total. The highest BCUT2D eigenvalue weighted by atomic mass is 127. The first-order chi connectivity index (χ1) is 16.1. The van der Waals surface area contributed by atoms with Crippen LogP contribution in [0, 0.1) is 18.7 Å². The molecule has 2 unspecified atom stereocenters. The molecule has 3 heterocycles. The number of ether oxygens (including phenoxy) is 1. The van der Waals surface area contributed by atoms with Gasteiger partial charge in [0.2, 0.25) is 5.88 Å². The third kappa shape index (κ3) is 5.66. The Labute approximate surface area is 206 Å². The van der Waals surface area contributed by atoms with Crippen molar-refractivity contribution < 1.29 is 13.9 Å². The van der Waals surface area contributed by atoms with Gasteiger partial charge in [-0.15, -0.1) is 0 Å². The largest absolute Gasteiger partial charge is 0.477 e. The minimum absolute atomic E-state index is 0.000565. The lowest BCUT2D eigenvalue weighted by molar-refractivity contribution is 0.0397. The predicted octanol–water partition coefficient (Wildman–Crippen LogP) is 5.11. The molecule has 0 aliphatic carbocycles. The van der Waals surface area contributed by atoms with E-state index in [-0.39, 0.29) is 17.9 Å². The molecular weight excluding hydrogens is 534 g/mol. The van der Waals surface area contributed by atoms with E-state index < -0.39 is 5.82 Å². The number of hydrogen-bond donors (Lipinski definition) is 0. The molecule has 8 heteroatoms. The summed E-state index contributed by atoms with van der Waals surface area (Å²) in [7, 11) is 0. The van der Waals surface area contributed by atoms with Crippen LogP contribution in [0.4, 0.5) is 4.39 Å². The first-order valence-corrected chi connectivity index (χ1v) is 12.6. The Morgan fingerprint density at radius 2 is 2.03 bits per heavy atom. The van der Waals surface area contributed by atoms with Crippen molar-refractivity contribution in [3.63, 3.8) is 0 Å². The van der Waals surface area contributed by atoms with Gasteiger partial charge in [-0.1, -0.05) is 40.3 Å². The van der Waals surface area contributed by atoms with Crippen LogP contribution < -0.4 is 4.74 Å². The van der Waals surface area contributed by atoms with Crippen LogP contribution in [0.15, 0.2) is 55.0 Å². The monoisotopic (exact) mass is 560 g/mol. The molecule has 172 valence electrons. The van der Waals surface area contributed by atoms with E-state index in [1.54, 1.807) is 18.5 Å². The molecule has 2 aromatic heterocycles. The summed E-state index contributed by atoms with van der Waals surface area (Å²) in [4.78, 5) is 28.6. The third-order valence-electron chi connectivity index (χ3n) is 5.94. The van der Waals surface area contributed by atoms with E-state index in [2.05, 4.69) is 37.5 Å². The van der Waals surface area contributed by atoms with Crippen LogP contribution in [0.2, 0.25) is 0 Å². The number of nitrogens with zero attached hydrogens (tertiary/aromatic N) is 4. The maximum Gasteiger partial charge on any atom is 0.254 e. The number of pyridine rings is 1. The van der Waals surface area contributed by atoms with Gasteiger partial charge in [-0.05, 0) is 44.4 Å². The van der Waals surface area contributed by atoms with E-state index in [0.29, 0.717) is 30.4 Å². The lowest BCUT2D eigenvalue weighted by Crippen LogP contribution is -2.50. The van der Waals surface area contributed by atoms with Crippen molar-refractivity contribution in [3.05, 3.63) is 71.9 Å². The van der Waals surface area contributed by atoms with Crippen LogP contribution in [0.5, 0.6) is 5.88 Å². The minimum atomic E-state index is -0.393. The van der Waals surface area contributed by atoms with E-state index in [1.807, 2.05) is 30.0 Å². The average molecular weight is 560 g/mol. The van der Waals surface area contributed by atoms with Crippen molar-refractivity contribution in [3.8, 4) is 17.3 Å². The molecule has 33 heavy (non-hydrogen) atoms. The summed E-state index contributed by atoms with van der Waals surface area (Å²) in [6.45, 7) is 3.12. The van der Waals surface area contributed by atoms with E-state index in [1.165, 1.54) is 12.1 Å². The first kappa shape index (κ1) is 23.5. The maximum absolute atomic E-state index is 13.9. The topological polar surface area (TPSA) is 68.2 Å². The van der Waals surface area contributed by atoms with Crippen molar-refractivity contribution >= 4 is 28.5 Å². The van der Waals surface area contributed by atoms with Crippen LogP contribution in [-0.2, 0) is 0 Å². The summed E-state index contributed by atoms with van der Waals surface area (Å²) in [6, 6.07) is 10.5. The van der Waals surface area contributed by atoms with Crippen molar-refractivity contribution in [2.45, 2.75) is 32.2 Å². The second kappa shape index (κ2) is 11.0. The molecule has 1 amide bonds. The summed E-state index contributed by atoms with van der Waals surface area (Å²) < 4.78 is 20.0. The number of hydrogen-bond acceptors (Lipinski definition) is 5. The Bertz CT molecular complexity index is 1080. The Morgan fingerprint density at radius 3 is 2.76 bits per heavy atom. The fourth-order valence-corrected chi connectivity index (χ4v) is 4.99. The van der Waals surface area contributed by atoms with Gasteiger partial charge in [-0.2, -0.15) is 0 Å². The highest BCUT2D eigenvalue weighted by molar-refractivity contribution is 14.1. The molecule has 2 atom stereocenters. The molecule has 0 radical (unpaired) electrons. The van der Waals surface area contributed by atoms with Gasteiger partial charge in [0.15, 0.2) is 5.82 Å². The summed E-state index contributed by atoms with van der Waals surface area (Å²) in [5, 5.41) is 0. The molecule has 0 N–H and O–H groups in total. The fourth-order valence-electron chi connectivity index (χ4n) is 4.35. The molecule has 1 aliphatic rings. The van der Waals surface area contributed by atoms with Gasteiger partial charge >= 0.3 is 0 Å². The zero-order chi connectivity index (χ0) is 23.2. The quantitative estimate of drug-likeness (QED) is 0.297. The Balaban J connectivity index is 1.58. The highest BCUT2D eigenvalue weighted by Crippen LogP contribution is 2.31. The predicted molar refractivity (Wildman–Crippen MR) is 133 cm³/mol. The molecule has 3 aromatic rings. The van der Waals surface area contributed by atoms with Gasteiger partial charge in [0, 0.05) is 47.0 Å².